The molecule has 5 heteroatoms. The van der Waals surface area contributed by atoms with E-state index in [0.29, 0.717) is 5.95 Å². The van der Waals surface area contributed by atoms with Crippen LogP contribution in [0.15, 0.2) is 22.1 Å². The van der Waals surface area contributed by atoms with Crippen molar-refractivity contribution in [3.05, 3.63) is 27.7 Å². The van der Waals surface area contributed by atoms with E-state index < -0.39 is 0 Å². The molecule has 2 rings (SSSR count). The van der Waals surface area contributed by atoms with Crippen molar-refractivity contribution in [3.63, 3.8) is 0 Å². The van der Waals surface area contributed by atoms with Gasteiger partial charge in [-0.1, -0.05) is 0 Å². The molecule has 0 atom stereocenters. The van der Waals surface area contributed by atoms with Crippen LogP contribution in [-0.4, -0.2) is 16.5 Å². The highest BCUT2D eigenvalue weighted by atomic mass is 79.9. The van der Waals surface area contributed by atoms with Crippen LogP contribution in [0.1, 0.15) is 12.5 Å². The summed E-state index contributed by atoms with van der Waals surface area (Å²) >= 11 is 5.21. The molecule has 0 aliphatic carbocycles. The summed E-state index contributed by atoms with van der Waals surface area (Å²) in [4.78, 5) is 9.91. The Balaban J connectivity index is 2.47. The van der Waals surface area contributed by atoms with Crippen molar-refractivity contribution < 1.29 is 0 Å². The van der Waals surface area contributed by atoms with Crippen LogP contribution in [0.5, 0.6) is 0 Å². The van der Waals surface area contributed by atoms with Crippen molar-refractivity contribution in [1.29, 1.82) is 0 Å². The molecule has 1 N–H and O–H groups in total. The molecule has 0 aliphatic heterocycles. The molecule has 2 aromatic rings. The molecule has 0 spiro atoms. The Hall–Kier alpha value is -0.940. The first kappa shape index (κ1) is 11.5. The molecule has 0 aromatic carbocycles. The monoisotopic (exact) mass is 297 g/mol. The van der Waals surface area contributed by atoms with Gasteiger partial charge in [0.1, 0.15) is 0 Å². The van der Waals surface area contributed by atoms with Gasteiger partial charge in [-0.05, 0) is 46.8 Å². The molecular weight excluding hydrogens is 286 g/mol. The van der Waals surface area contributed by atoms with E-state index in [9.17, 15) is 0 Å². The van der Waals surface area contributed by atoms with E-state index in [-0.39, 0.29) is 0 Å². The Kier molecular flexibility index (Phi) is 3.56. The minimum atomic E-state index is 0.684. The minimum absolute atomic E-state index is 0.684. The first-order valence-corrected chi connectivity index (χ1v) is 6.70. The summed E-state index contributed by atoms with van der Waals surface area (Å²) in [5.41, 5.74) is 2.08. The van der Waals surface area contributed by atoms with Crippen LogP contribution in [0, 0.1) is 6.92 Å². The van der Waals surface area contributed by atoms with Gasteiger partial charge < -0.3 is 5.32 Å². The lowest BCUT2D eigenvalue weighted by Crippen LogP contribution is -2.03. The van der Waals surface area contributed by atoms with Gasteiger partial charge in [0.05, 0.1) is 10.6 Å². The topological polar surface area (TPSA) is 37.8 Å². The van der Waals surface area contributed by atoms with Gasteiger partial charge in [-0.2, -0.15) is 0 Å². The Morgan fingerprint density at radius 2 is 2.31 bits per heavy atom. The van der Waals surface area contributed by atoms with Crippen LogP contribution in [0.4, 0.5) is 5.95 Å². The van der Waals surface area contributed by atoms with Crippen LogP contribution in [0.25, 0.3) is 10.6 Å². The fraction of sp³-hybridized carbons (Fsp3) is 0.273. The Morgan fingerprint density at radius 3 is 2.94 bits per heavy atom. The lowest BCUT2D eigenvalue weighted by Gasteiger charge is -2.06. The quantitative estimate of drug-likeness (QED) is 0.938. The second-order valence-electron chi connectivity index (χ2n) is 3.35. The molecule has 2 heterocycles. The molecular formula is C11H12BrN3S. The molecule has 2 aromatic heterocycles. The average molecular weight is 298 g/mol. The molecule has 0 radical (unpaired) electrons. The summed E-state index contributed by atoms with van der Waals surface area (Å²) in [6.45, 7) is 4.88. The van der Waals surface area contributed by atoms with E-state index in [1.165, 1.54) is 0 Å². The number of nitrogens with zero attached hydrogens (tertiary/aromatic N) is 2. The minimum Gasteiger partial charge on any atom is -0.354 e. The van der Waals surface area contributed by atoms with E-state index in [0.717, 1.165) is 27.2 Å². The smallest absolute Gasteiger partial charge is 0.223 e. The summed E-state index contributed by atoms with van der Waals surface area (Å²) in [6, 6.07) is 2.04. The van der Waals surface area contributed by atoms with Gasteiger partial charge in [-0.15, -0.1) is 11.3 Å². The van der Waals surface area contributed by atoms with Crippen LogP contribution in [-0.2, 0) is 0 Å². The lowest BCUT2D eigenvalue weighted by molar-refractivity contribution is 1.07. The summed E-state index contributed by atoms with van der Waals surface area (Å²) < 4.78 is 1.08. The third kappa shape index (κ3) is 2.25. The third-order valence-corrected chi connectivity index (χ3v) is 3.98. The largest absolute Gasteiger partial charge is 0.354 e. The molecule has 0 saturated heterocycles. The number of thiophene rings is 1. The zero-order chi connectivity index (χ0) is 11.5. The molecule has 84 valence electrons. The SMILES string of the molecule is CCNc1ncc(C)c(-c2sccc2Br)n1. The summed E-state index contributed by atoms with van der Waals surface area (Å²) in [5.74, 6) is 0.684. The van der Waals surface area contributed by atoms with Gasteiger partial charge in [0.15, 0.2) is 0 Å². The van der Waals surface area contributed by atoms with Gasteiger partial charge in [-0.25, -0.2) is 9.97 Å². The third-order valence-electron chi connectivity index (χ3n) is 2.14. The zero-order valence-electron chi connectivity index (χ0n) is 9.12. The van der Waals surface area contributed by atoms with Crippen molar-refractivity contribution in [2.24, 2.45) is 0 Å². The van der Waals surface area contributed by atoms with Gasteiger partial charge in [-0.3, -0.25) is 0 Å². The van der Waals surface area contributed by atoms with Crippen LogP contribution >= 0.6 is 27.3 Å². The lowest BCUT2D eigenvalue weighted by atomic mass is 10.2. The van der Waals surface area contributed by atoms with Gasteiger partial charge in [0.25, 0.3) is 0 Å². The van der Waals surface area contributed by atoms with E-state index in [2.05, 4.69) is 31.2 Å². The maximum Gasteiger partial charge on any atom is 0.223 e. The summed E-state index contributed by atoms with van der Waals surface area (Å²) in [6.07, 6.45) is 1.85. The number of hydrogen-bond acceptors (Lipinski definition) is 4. The van der Waals surface area contributed by atoms with Gasteiger partial charge >= 0.3 is 0 Å². The molecule has 0 amide bonds. The predicted octanol–water partition coefficient (Wildman–Crippen LogP) is 3.71. The Morgan fingerprint density at radius 1 is 1.50 bits per heavy atom. The summed E-state index contributed by atoms with van der Waals surface area (Å²) in [7, 11) is 0. The van der Waals surface area contributed by atoms with E-state index in [4.69, 9.17) is 0 Å². The van der Waals surface area contributed by atoms with E-state index in [1.807, 2.05) is 31.5 Å². The predicted molar refractivity (Wildman–Crippen MR) is 71.9 cm³/mol. The zero-order valence-corrected chi connectivity index (χ0v) is 11.5. The average Bonchev–Trinajstić information content (AvgIpc) is 2.68. The van der Waals surface area contributed by atoms with Crippen molar-refractivity contribution in [3.8, 4) is 10.6 Å². The van der Waals surface area contributed by atoms with Gasteiger partial charge in [0, 0.05) is 17.2 Å². The highest BCUT2D eigenvalue weighted by Gasteiger charge is 2.10. The Labute approximate surface area is 107 Å². The fourth-order valence-electron chi connectivity index (χ4n) is 1.38. The number of aryl methyl sites for hydroxylation is 1. The van der Waals surface area contributed by atoms with Crippen molar-refractivity contribution in [1.82, 2.24) is 9.97 Å². The second-order valence-corrected chi connectivity index (χ2v) is 5.12. The van der Waals surface area contributed by atoms with Crippen LogP contribution in [0.2, 0.25) is 0 Å². The number of aromatic nitrogens is 2. The van der Waals surface area contributed by atoms with Crippen LogP contribution in [0.3, 0.4) is 0 Å². The summed E-state index contributed by atoms with van der Waals surface area (Å²) in [5, 5.41) is 5.17. The van der Waals surface area contributed by atoms with Crippen molar-refractivity contribution in [2.45, 2.75) is 13.8 Å². The van der Waals surface area contributed by atoms with E-state index >= 15 is 0 Å². The fourth-order valence-corrected chi connectivity index (χ4v) is 2.99. The molecule has 16 heavy (non-hydrogen) atoms. The van der Waals surface area contributed by atoms with Crippen molar-refractivity contribution in [2.75, 3.05) is 11.9 Å². The first-order valence-electron chi connectivity index (χ1n) is 5.03. The highest BCUT2D eigenvalue weighted by Crippen LogP contribution is 2.34. The highest BCUT2D eigenvalue weighted by molar-refractivity contribution is 9.10. The maximum atomic E-state index is 4.52. The first-order chi connectivity index (χ1) is 7.72. The molecule has 3 nitrogen and oxygen atoms in total. The number of rotatable bonds is 3. The number of halogens is 1. The molecule has 0 unspecified atom stereocenters. The van der Waals surface area contributed by atoms with Crippen LogP contribution < -0.4 is 5.32 Å². The van der Waals surface area contributed by atoms with Gasteiger partial charge in [0.2, 0.25) is 5.95 Å². The molecule has 0 saturated carbocycles. The normalized spacial score (nSPS) is 10.4. The standard InChI is InChI=1S/C11H12BrN3S/c1-3-13-11-14-6-7(2)9(15-11)10-8(12)4-5-16-10/h4-6H,3H2,1-2H3,(H,13,14,15). The van der Waals surface area contributed by atoms with E-state index in [1.54, 1.807) is 11.3 Å². The number of hydrogen-bond donors (Lipinski definition) is 1. The van der Waals surface area contributed by atoms with Crippen molar-refractivity contribution >= 4 is 33.2 Å². The number of nitrogens with one attached hydrogen (secondary N) is 1. The Bertz CT molecular complexity index is 496. The molecule has 0 aliphatic rings. The molecule has 0 bridgehead atoms. The number of anilines is 1. The maximum absolute atomic E-state index is 4.52. The molecule has 0 fully saturated rings. The second kappa shape index (κ2) is 4.93.